The van der Waals surface area contributed by atoms with Gasteiger partial charge >= 0.3 is 6.03 Å². The monoisotopic (exact) mass is 420 g/mol. The molecule has 1 aliphatic heterocycles. The fourth-order valence-corrected chi connectivity index (χ4v) is 3.42. The second-order valence-electron chi connectivity index (χ2n) is 6.37. The maximum atomic E-state index is 13.1. The van der Waals surface area contributed by atoms with Gasteiger partial charge < -0.3 is 14.7 Å². The van der Waals surface area contributed by atoms with E-state index in [-0.39, 0.29) is 17.9 Å². The fraction of sp³-hybridized carbons (Fsp3) is 0.211. The highest BCUT2D eigenvalue weighted by Gasteiger charge is 2.34. The van der Waals surface area contributed by atoms with Gasteiger partial charge in [-0.25, -0.2) is 9.18 Å². The molecule has 2 heterocycles. The summed E-state index contributed by atoms with van der Waals surface area (Å²) in [5.41, 5.74) is 1.18. The Morgan fingerprint density at radius 3 is 2.71 bits per heavy atom. The molecular formula is C19H15Cl2FN4O2. The van der Waals surface area contributed by atoms with E-state index in [1.54, 1.807) is 35.2 Å². The van der Waals surface area contributed by atoms with Gasteiger partial charge in [0.1, 0.15) is 11.9 Å². The third-order valence-electron chi connectivity index (χ3n) is 4.51. The standard InChI is InChI=1S/C19H15Cl2FN4O2/c20-14-8-7-13(10-15(14)21)23-19(27)26-9-1-2-16(26)18-24-17(25-28-18)11-3-5-12(22)6-4-11/h3-8,10,16H,1-2,9H2,(H,23,27). The van der Waals surface area contributed by atoms with E-state index in [0.717, 1.165) is 6.42 Å². The van der Waals surface area contributed by atoms with E-state index in [0.29, 0.717) is 46.0 Å². The Morgan fingerprint density at radius 2 is 1.96 bits per heavy atom. The summed E-state index contributed by atoms with van der Waals surface area (Å²) in [5, 5.41) is 7.54. The van der Waals surface area contributed by atoms with Crippen molar-refractivity contribution in [3.05, 3.63) is 64.2 Å². The molecule has 3 aromatic rings. The molecule has 1 N–H and O–H groups in total. The maximum absolute atomic E-state index is 13.1. The second-order valence-corrected chi connectivity index (χ2v) is 7.19. The zero-order valence-corrected chi connectivity index (χ0v) is 16.0. The predicted molar refractivity (Wildman–Crippen MR) is 104 cm³/mol. The molecule has 4 rings (SSSR count). The lowest BCUT2D eigenvalue weighted by atomic mass is 10.2. The Morgan fingerprint density at radius 1 is 1.18 bits per heavy atom. The van der Waals surface area contributed by atoms with Crippen molar-refractivity contribution in [2.24, 2.45) is 0 Å². The topological polar surface area (TPSA) is 71.3 Å². The number of carbonyl (C=O) groups excluding carboxylic acids is 1. The van der Waals surface area contributed by atoms with Crippen LogP contribution in [-0.4, -0.2) is 27.6 Å². The van der Waals surface area contributed by atoms with Crippen molar-refractivity contribution in [1.29, 1.82) is 0 Å². The van der Waals surface area contributed by atoms with Crippen LogP contribution in [0.15, 0.2) is 47.0 Å². The number of carbonyl (C=O) groups is 1. The molecule has 0 radical (unpaired) electrons. The molecule has 2 amide bonds. The number of likely N-dealkylation sites (tertiary alicyclic amines) is 1. The molecule has 28 heavy (non-hydrogen) atoms. The molecule has 6 nitrogen and oxygen atoms in total. The molecule has 0 bridgehead atoms. The van der Waals surface area contributed by atoms with Gasteiger partial charge in [-0.2, -0.15) is 4.98 Å². The Bertz CT molecular complexity index is 1010. The van der Waals surface area contributed by atoms with Crippen LogP contribution in [0.5, 0.6) is 0 Å². The summed E-state index contributed by atoms with van der Waals surface area (Å²) in [7, 11) is 0. The highest BCUT2D eigenvalue weighted by atomic mass is 35.5. The number of hydrogen-bond donors (Lipinski definition) is 1. The summed E-state index contributed by atoms with van der Waals surface area (Å²) < 4.78 is 18.5. The van der Waals surface area contributed by atoms with Gasteiger partial charge in [-0.05, 0) is 55.3 Å². The van der Waals surface area contributed by atoms with E-state index in [1.807, 2.05) is 0 Å². The first-order valence-corrected chi connectivity index (χ1v) is 9.39. The number of benzene rings is 2. The van der Waals surface area contributed by atoms with Gasteiger partial charge in [-0.15, -0.1) is 0 Å². The lowest BCUT2D eigenvalue weighted by Crippen LogP contribution is -2.34. The van der Waals surface area contributed by atoms with Crippen LogP contribution in [0.2, 0.25) is 10.0 Å². The maximum Gasteiger partial charge on any atom is 0.322 e. The SMILES string of the molecule is O=C(Nc1ccc(Cl)c(Cl)c1)N1CCCC1c1nc(-c2ccc(F)cc2)no1. The van der Waals surface area contributed by atoms with Gasteiger partial charge in [0.15, 0.2) is 0 Å². The summed E-state index contributed by atoms with van der Waals surface area (Å²) in [5.74, 6) is 0.362. The van der Waals surface area contributed by atoms with E-state index < -0.39 is 0 Å². The van der Waals surface area contributed by atoms with Crippen molar-refractivity contribution in [3.63, 3.8) is 0 Å². The van der Waals surface area contributed by atoms with E-state index in [4.69, 9.17) is 27.7 Å². The quantitative estimate of drug-likeness (QED) is 0.602. The van der Waals surface area contributed by atoms with Crippen LogP contribution in [0.3, 0.4) is 0 Å². The van der Waals surface area contributed by atoms with E-state index in [1.165, 1.54) is 12.1 Å². The van der Waals surface area contributed by atoms with Crippen molar-refractivity contribution >= 4 is 34.9 Å². The van der Waals surface area contributed by atoms with Gasteiger partial charge in [0, 0.05) is 17.8 Å². The zero-order chi connectivity index (χ0) is 19.7. The summed E-state index contributed by atoms with van der Waals surface area (Å²) in [6, 6.07) is 10.1. The molecule has 0 spiro atoms. The number of anilines is 1. The molecule has 1 fully saturated rings. The van der Waals surface area contributed by atoms with Crippen LogP contribution >= 0.6 is 23.2 Å². The largest absolute Gasteiger partial charge is 0.337 e. The summed E-state index contributed by atoms with van der Waals surface area (Å²) in [4.78, 5) is 18.8. The third-order valence-corrected chi connectivity index (χ3v) is 5.25. The van der Waals surface area contributed by atoms with Crippen molar-refractivity contribution in [1.82, 2.24) is 15.0 Å². The second kappa shape index (κ2) is 7.77. The molecule has 1 saturated heterocycles. The number of halogens is 3. The highest BCUT2D eigenvalue weighted by molar-refractivity contribution is 6.42. The van der Waals surface area contributed by atoms with Crippen LogP contribution in [0.1, 0.15) is 24.8 Å². The molecule has 0 saturated carbocycles. The Kier molecular flexibility index (Phi) is 5.19. The number of amides is 2. The van der Waals surface area contributed by atoms with Crippen LogP contribution < -0.4 is 5.32 Å². The summed E-state index contributed by atoms with van der Waals surface area (Å²) >= 11 is 11.9. The first kappa shape index (κ1) is 18.7. The van der Waals surface area contributed by atoms with Crippen molar-refractivity contribution < 1.29 is 13.7 Å². The number of aromatic nitrogens is 2. The van der Waals surface area contributed by atoms with Gasteiger partial charge in [0.2, 0.25) is 11.7 Å². The smallest absolute Gasteiger partial charge is 0.322 e. The predicted octanol–water partition coefficient (Wildman–Crippen LogP) is 5.55. The average molecular weight is 421 g/mol. The summed E-state index contributed by atoms with van der Waals surface area (Å²) in [6.07, 6.45) is 1.52. The highest BCUT2D eigenvalue weighted by Crippen LogP contribution is 2.33. The number of rotatable bonds is 3. The first-order valence-electron chi connectivity index (χ1n) is 8.63. The molecule has 1 unspecified atom stereocenters. The average Bonchev–Trinajstić information content (AvgIpc) is 3.34. The number of nitrogens with zero attached hydrogens (tertiary/aromatic N) is 3. The molecule has 1 atom stereocenters. The Labute approximate surface area is 170 Å². The van der Waals surface area contributed by atoms with Crippen LogP contribution in [0.4, 0.5) is 14.9 Å². The first-order chi connectivity index (χ1) is 13.5. The molecule has 1 aliphatic rings. The third kappa shape index (κ3) is 3.81. The fourth-order valence-electron chi connectivity index (χ4n) is 3.12. The number of hydrogen-bond acceptors (Lipinski definition) is 4. The molecular weight excluding hydrogens is 406 g/mol. The van der Waals surface area contributed by atoms with Crippen LogP contribution in [0.25, 0.3) is 11.4 Å². The van der Waals surface area contributed by atoms with E-state index >= 15 is 0 Å². The van der Waals surface area contributed by atoms with Gasteiger partial charge in [-0.3, -0.25) is 0 Å². The van der Waals surface area contributed by atoms with Crippen molar-refractivity contribution in [3.8, 4) is 11.4 Å². The zero-order valence-electron chi connectivity index (χ0n) is 14.5. The molecule has 1 aromatic heterocycles. The summed E-state index contributed by atoms with van der Waals surface area (Å²) in [6.45, 7) is 0.562. The lowest BCUT2D eigenvalue weighted by molar-refractivity contribution is 0.193. The minimum absolute atomic E-state index is 0.289. The molecule has 9 heteroatoms. The molecule has 144 valence electrons. The number of urea groups is 1. The van der Waals surface area contributed by atoms with Crippen molar-refractivity contribution in [2.75, 3.05) is 11.9 Å². The lowest BCUT2D eigenvalue weighted by Gasteiger charge is -2.22. The molecule has 0 aliphatic carbocycles. The van der Waals surface area contributed by atoms with E-state index in [9.17, 15) is 9.18 Å². The van der Waals surface area contributed by atoms with Crippen LogP contribution in [0, 0.1) is 5.82 Å². The molecule has 2 aromatic carbocycles. The normalized spacial score (nSPS) is 16.4. The Balaban J connectivity index is 1.51. The van der Waals surface area contributed by atoms with Gasteiger partial charge in [0.05, 0.1) is 10.0 Å². The Hall–Kier alpha value is -2.64. The van der Waals surface area contributed by atoms with Gasteiger partial charge in [0.25, 0.3) is 0 Å². The van der Waals surface area contributed by atoms with E-state index in [2.05, 4.69) is 15.5 Å². The number of nitrogens with one attached hydrogen (secondary N) is 1. The van der Waals surface area contributed by atoms with Crippen LogP contribution in [-0.2, 0) is 0 Å². The van der Waals surface area contributed by atoms with Gasteiger partial charge in [-0.1, -0.05) is 28.4 Å². The van der Waals surface area contributed by atoms with Crippen molar-refractivity contribution in [2.45, 2.75) is 18.9 Å². The minimum Gasteiger partial charge on any atom is -0.337 e. The minimum atomic E-state index is -0.339.